The second-order valence-corrected chi connectivity index (χ2v) is 8.22. The second-order valence-electron chi connectivity index (χ2n) is 8.22. The highest BCUT2D eigenvalue weighted by molar-refractivity contribution is 6.13. The van der Waals surface area contributed by atoms with Crippen LogP contribution in [0.15, 0.2) is 30.5 Å². The monoisotopic (exact) mass is 420 g/mol. The highest BCUT2D eigenvalue weighted by atomic mass is 16.5. The minimum Gasteiger partial charge on any atom is -0.467 e. The number of nitrogens with zero attached hydrogens (tertiary/aromatic N) is 4. The molecule has 1 amide bonds. The number of carbonyl (C=O) groups excluding carboxylic acids is 1. The summed E-state index contributed by atoms with van der Waals surface area (Å²) in [5.41, 5.74) is 4.47. The average molecular weight is 421 g/mol. The van der Waals surface area contributed by atoms with Crippen molar-refractivity contribution in [2.75, 3.05) is 30.4 Å². The molecule has 1 saturated heterocycles. The van der Waals surface area contributed by atoms with Crippen molar-refractivity contribution >= 4 is 28.2 Å². The molecule has 2 aromatic heterocycles. The van der Waals surface area contributed by atoms with Crippen molar-refractivity contribution in [3.8, 4) is 6.01 Å². The molecule has 1 aliphatic rings. The second kappa shape index (κ2) is 8.47. The van der Waals surface area contributed by atoms with Gasteiger partial charge >= 0.3 is 6.01 Å². The number of pyridine rings is 1. The van der Waals surface area contributed by atoms with Crippen molar-refractivity contribution in [2.24, 2.45) is 0 Å². The van der Waals surface area contributed by atoms with Gasteiger partial charge in [0, 0.05) is 59.5 Å². The number of aryl methyl sites for hydroxylation is 2. The lowest BCUT2D eigenvalue weighted by molar-refractivity contribution is 0.102. The van der Waals surface area contributed by atoms with Crippen LogP contribution < -0.4 is 20.3 Å². The van der Waals surface area contributed by atoms with Crippen LogP contribution in [-0.2, 0) is 0 Å². The number of hydrogen-bond acceptors (Lipinski definition) is 7. The maximum Gasteiger partial charge on any atom is 0.316 e. The molecule has 1 aromatic carbocycles. The van der Waals surface area contributed by atoms with Crippen molar-refractivity contribution in [3.05, 3.63) is 47.4 Å². The Hall–Kier alpha value is -3.26. The normalized spacial score (nSPS) is 18.8. The summed E-state index contributed by atoms with van der Waals surface area (Å²) in [6, 6.07) is 8.47. The van der Waals surface area contributed by atoms with Gasteiger partial charge in [0.15, 0.2) is 0 Å². The number of hydrogen-bond donors (Lipinski definition) is 2. The van der Waals surface area contributed by atoms with E-state index in [1.807, 2.05) is 38.1 Å². The standard InChI is InChI=1S/C23H28N6O2/c1-13-8-17(9-14(2)25-13)27-22(30)18-6-7-20(29-11-15(3)26-16(4)12-29)19-10-24-23(31-5)28-21(18)19/h6-10,15-16,26H,11-12H2,1-5H3,(H,25,27,30)/t15-,16-/m0/s1. The van der Waals surface area contributed by atoms with Crippen molar-refractivity contribution in [1.29, 1.82) is 0 Å². The number of nitrogens with one attached hydrogen (secondary N) is 2. The molecule has 0 spiro atoms. The number of benzene rings is 1. The van der Waals surface area contributed by atoms with Crippen LogP contribution in [0, 0.1) is 13.8 Å². The Labute approximate surface area is 182 Å². The lowest BCUT2D eigenvalue weighted by Gasteiger charge is -2.38. The smallest absolute Gasteiger partial charge is 0.316 e. The van der Waals surface area contributed by atoms with E-state index in [1.54, 1.807) is 6.20 Å². The van der Waals surface area contributed by atoms with Gasteiger partial charge in [-0.25, -0.2) is 4.98 Å². The van der Waals surface area contributed by atoms with Crippen LogP contribution in [0.5, 0.6) is 6.01 Å². The highest BCUT2D eigenvalue weighted by Gasteiger charge is 2.24. The highest BCUT2D eigenvalue weighted by Crippen LogP contribution is 2.31. The summed E-state index contributed by atoms with van der Waals surface area (Å²) >= 11 is 0. The van der Waals surface area contributed by atoms with Crippen LogP contribution >= 0.6 is 0 Å². The first-order valence-corrected chi connectivity index (χ1v) is 10.5. The largest absolute Gasteiger partial charge is 0.467 e. The Morgan fingerprint density at radius 3 is 2.45 bits per heavy atom. The summed E-state index contributed by atoms with van der Waals surface area (Å²) in [5.74, 6) is -0.232. The third-order valence-corrected chi connectivity index (χ3v) is 5.37. The number of piperazine rings is 1. The van der Waals surface area contributed by atoms with Crippen LogP contribution in [0.1, 0.15) is 35.6 Å². The zero-order chi connectivity index (χ0) is 22.1. The van der Waals surface area contributed by atoms with Crippen LogP contribution in [-0.4, -0.2) is 53.1 Å². The van der Waals surface area contributed by atoms with Gasteiger partial charge in [0.2, 0.25) is 0 Å². The van der Waals surface area contributed by atoms with Gasteiger partial charge in [-0.15, -0.1) is 0 Å². The van der Waals surface area contributed by atoms with E-state index >= 15 is 0 Å². The molecule has 8 nitrogen and oxygen atoms in total. The summed E-state index contributed by atoms with van der Waals surface area (Å²) < 4.78 is 5.24. The van der Waals surface area contributed by atoms with E-state index in [2.05, 4.69) is 44.3 Å². The third kappa shape index (κ3) is 4.44. The fraction of sp³-hybridized carbons (Fsp3) is 0.391. The van der Waals surface area contributed by atoms with Crippen molar-refractivity contribution in [2.45, 2.75) is 39.8 Å². The molecule has 1 aliphatic heterocycles. The third-order valence-electron chi connectivity index (χ3n) is 5.37. The molecule has 2 atom stereocenters. The Morgan fingerprint density at radius 1 is 1.13 bits per heavy atom. The quantitative estimate of drug-likeness (QED) is 0.670. The number of fused-ring (bicyclic) bond motifs is 1. The van der Waals surface area contributed by atoms with Crippen molar-refractivity contribution in [3.63, 3.8) is 0 Å². The molecule has 31 heavy (non-hydrogen) atoms. The van der Waals surface area contributed by atoms with E-state index in [0.717, 1.165) is 35.6 Å². The molecule has 8 heteroatoms. The lowest BCUT2D eigenvalue weighted by Crippen LogP contribution is -2.54. The van der Waals surface area contributed by atoms with Gasteiger partial charge in [-0.05, 0) is 52.0 Å². The number of aromatic nitrogens is 3. The van der Waals surface area contributed by atoms with Gasteiger partial charge in [0.25, 0.3) is 5.91 Å². The molecule has 0 aliphatic carbocycles. The molecule has 0 unspecified atom stereocenters. The minimum atomic E-state index is -0.232. The number of carbonyl (C=O) groups is 1. The Bertz CT molecular complexity index is 1100. The van der Waals surface area contributed by atoms with Gasteiger partial charge < -0.3 is 20.3 Å². The maximum atomic E-state index is 13.2. The summed E-state index contributed by atoms with van der Waals surface area (Å²) in [5, 5.41) is 7.36. The predicted molar refractivity (Wildman–Crippen MR) is 122 cm³/mol. The summed E-state index contributed by atoms with van der Waals surface area (Å²) in [6.07, 6.45) is 1.74. The van der Waals surface area contributed by atoms with Gasteiger partial charge in [0.05, 0.1) is 18.2 Å². The molecule has 0 radical (unpaired) electrons. The number of methoxy groups -OCH3 is 1. The fourth-order valence-electron chi connectivity index (χ4n) is 4.28. The lowest BCUT2D eigenvalue weighted by atomic mass is 10.0. The predicted octanol–water partition coefficient (Wildman–Crippen LogP) is 3.09. The summed E-state index contributed by atoms with van der Waals surface area (Å²) in [7, 11) is 1.52. The number of anilines is 2. The molecule has 3 aromatic rings. The maximum absolute atomic E-state index is 13.2. The Kier molecular flexibility index (Phi) is 5.73. The Morgan fingerprint density at radius 2 is 1.81 bits per heavy atom. The summed E-state index contributed by atoms with van der Waals surface area (Å²) in [4.78, 5) is 28.7. The molecule has 162 valence electrons. The van der Waals surface area contributed by atoms with Gasteiger partial charge in [-0.2, -0.15) is 4.98 Å². The van der Waals surface area contributed by atoms with Gasteiger partial charge in [-0.3, -0.25) is 9.78 Å². The molecule has 0 saturated carbocycles. The van der Waals surface area contributed by atoms with Crippen LogP contribution in [0.4, 0.5) is 11.4 Å². The van der Waals surface area contributed by atoms with E-state index in [9.17, 15) is 4.79 Å². The van der Waals surface area contributed by atoms with Crippen LogP contribution in [0.2, 0.25) is 0 Å². The van der Waals surface area contributed by atoms with Crippen molar-refractivity contribution in [1.82, 2.24) is 20.3 Å². The molecule has 0 bridgehead atoms. The van der Waals surface area contributed by atoms with E-state index in [-0.39, 0.29) is 11.9 Å². The summed E-state index contributed by atoms with van der Waals surface area (Å²) in [6.45, 7) is 9.88. The zero-order valence-corrected chi connectivity index (χ0v) is 18.6. The van der Waals surface area contributed by atoms with Gasteiger partial charge in [-0.1, -0.05) is 0 Å². The van der Waals surface area contributed by atoms with E-state index < -0.39 is 0 Å². The molecular weight excluding hydrogens is 392 g/mol. The molecule has 1 fully saturated rings. The average Bonchev–Trinajstić information content (AvgIpc) is 2.70. The number of amides is 1. The number of ether oxygens (including phenoxy) is 1. The fourth-order valence-corrected chi connectivity index (χ4v) is 4.28. The minimum absolute atomic E-state index is 0.232. The van der Waals surface area contributed by atoms with E-state index in [4.69, 9.17) is 4.74 Å². The van der Waals surface area contributed by atoms with Crippen molar-refractivity contribution < 1.29 is 9.53 Å². The van der Waals surface area contributed by atoms with E-state index in [0.29, 0.717) is 28.9 Å². The zero-order valence-electron chi connectivity index (χ0n) is 18.6. The topological polar surface area (TPSA) is 92.3 Å². The molecular formula is C23H28N6O2. The van der Waals surface area contributed by atoms with Crippen LogP contribution in [0.25, 0.3) is 10.9 Å². The molecule has 2 N–H and O–H groups in total. The first kappa shape index (κ1) is 21.0. The first-order valence-electron chi connectivity index (χ1n) is 10.5. The van der Waals surface area contributed by atoms with E-state index in [1.165, 1.54) is 7.11 Å². The van der Waals surface area contributed by atoms with Crippen LogP contribution in [0.3, 0.4) is 0 Å². The Balaban J connectivity index is 1.76. The first-order chi connectivity index (χ1) is 14.8. The number of rotatable bonds is 4. The molecule has 4 rings (SSSR count). The molecule has 3 heterocycles. The SMILES string of the molecule is COc1ncc2c(N3C[C@H](C)N[C@@H](C)C3)ccc(C(=O)Nc3cc(C)nc(C)c3)c2n1. The van der Waals surface area contributed by atoms with Gasteiger partial charge in [0.1, 0.15) is 0 Å².